The van der Waals surface area contributed by atoms with Crippen LogP contribution in [0, 0.1) is 0 Å². The Morgan fingerprint density at radius 3 is 2.21 bits per heavy atom. The van der Waals surface area contributed by atoms with E-state index in [9.17, 15) is 14.4 Å². The molecule has 2 N–H and O–H groups in total. The van der Waals surface area contributed by atoms with Crippen LogP contribution in [0.3, 0.4) is 0 Å². The first kappa shape index (κ1) is 22.1. The van der Waals surface area contributed by atoms with E-state index >= 15 is 0 Å². The normalized spacial score (nSPS) is 12.5. The number of methoxy groups -OCH3 is 1. The second-order valence-corrected chi connectivity index (χ2v) is 6.42. The highest BCUT2D eigenvalue weighted by molar-refractivity contribution is 5.94. The molecule has 0 aromatic heterocycles. The molecule has 0 aliphatic heterocycles. The van der Waals surface area contributed by atoms with E-state index < -0.39 is 24.0 Å². The smallest absolute Gasteiger partial charge is 0.309 e. The summed E-state index contributed by atoms with van der Waals surface area (Å²) in [5, 5.41) is 5.48. The van der Waals surface area contributed by atoms with Gasteiger partial charge in [-0.05, 0) is 24.6 Å². The molecule has 2 aromatic rings. The molecule has 0 unspecified atom stereocenters. The van der Waals surface area contributed by atoms with Crippen LogP contribution in [0.2, 0.25) is 0 Å². The van der Waals surface area contributed by atoms with Gasteiger partial charge in [0.1, 0.15) is 0 Å². The highest BCUT2D eigenvalue weighted by atomic mass is 16.5. The van der Waals surface area contributed by atoms with Crippen LogP contribution in [-0.4, -0.2) is 44.1 Å². The van der Waals surface area contributed by atoms with Crippen molar-refractivity contribution in [2.24, 2.45) is 0 Å². The molecule has 0 aliphatic rings. The topological polar surface area (TPSA) is 93.7 Å². The molecule has 0 fully saturated rings. The first-order chi connectivity index (χ1) is 14.0. The molecule has 0 saturated carbocycles. The maximum atomic E-state index is 12.5. The maximum absolute atomic E-state index is 12.5. The molecular formula is C22H26N2O5. The molecule has 29 heavy (non-hydrogen) atoms. The fourth-order valence-corrected chi connectivity index (χ4v) is 2.65. The van der Waals surface area contributed by atoms with Crippen LogP contribution in [0.1, 0.15) is 35.3 Å². The zero-order chi connectivity index (χ0) is 21.1. The number of carbonyl (C=O) groups excluding carboxylic acids is 3. The monoisotopic (exact) mass is 398 g/mol. The van der Waals surface area contributed by atoms with Crippen LogP contribution in [0.15, 0.2) is 60.7 Å². The molecule has 154 valence electrons. The molecular weight excluding hydrogens is 372 g/mol. The summed E-state index contributed by atoms with van der Waals surface area (Å²) in [4.78, 5) is 36.9. The third-order valence-corrected chi connectivity index (χ3v) is 4.20. The molecule has 0 saturated heterocycles. The van der Waals surface area contributed by atoms with Crippen LogP contribution in [0.4, 0.5) is 0 Å². The average Bonchev–Trinajstić information content (AvgIpc) is 2.74. The predicted molar refractivity (Wildman–Crippen MR) is 108 cm³/mol. The number of ether oxygens (including phenoxy) is 2. The third kappa shape index (κ3) is 7.38. The first-order valence-electron chi connectivity index (χ1n) is 9.38. The number of esters is 1. The van der Waals surface area contributed by atoms with Gasteiger partial charge in [-0.25, -0.2) is 0 Å². The van der Waals surface area contributed by atoms with E-state index in [-0.39, 0.29) is 12.3 Å². The van der Waals surface area contributed by atoms with Gasteiger partial charge in [-0.1, -0.05) is 48.5 Å². The Balaban J connectivity index is 2.01. The molecule has 0 bridgehead atoms. The summed E-state index contributed by atoms with van der Waals surface area (Å²) in [6, 6.07) is 17.3. The number of hydrogen-bond donors (Lipinski definition) is 2. The van der Waals surface area contributed by atoms with Crippen molar-refractivity contribution in [1.29, 1.82) is 0 Å². The van der Waals surface area contributed by atoms with Gasteiger partial charge in [0.15, 0.2) is 6.10 Å². The molecule has 2 atom stereocenters. The minimum atomic E-state index is -0.944. The van der Waals surface area contributed by atoms with Crippen molar-refractivity contribution < 1.29 is 23.9 Å². The van der Waals surface area contributed by atoms with Crippen LogP contribution in [0.25, 0.3) is 0 Å². The SMILES string of the molecule is COCCNC(=O)[C@@H](C)OC(=O)C[C@@H](NC(=O)c1ccccc1)c1ccccc1. The van der Waals surface area contributed by atoms with Crippen molar-refractivity contribution in [1.82, 2.24) is 10.6 Å². The van der Waals surface area contributed by atoms with E-state index in [1.54, 1.807) is 24.3 Å². The minimum absolute atomic E-state index is 0.0989. The highest BCUT2D eigenvalue weighted by Gasteiger charge is 2.23. The zero-order valence-electron chi connectivity index (χ0n) is 16.6. The van der Waals surface area contributed by atoms with Crippen LogP contribution < -0.4 is 10.6 Å². The van der Waals surface area contributed by atoms with Gasteiger partial charge in [0.25, 0.3) is 11.8 Å². The van der Waals surface area contributed by atoms with Crippen molar-refractivity contribution in [2.75, 3.05) is 20.3 Å². The molecule has 0 spiro atoms. The lowest BCUT2D eigenvalue weighted by Gasteiger charge is -2.20. The van der Waals surface area contributed by atoms with Crippen molar-refractivity contribution in [3.05, 3.63) is 71.8 Å². The molecule has 0 radical (unpaired) electrons. The summed E-state index contributed by atoms with van der Waals surface area (Å²) >= 11 is 0. The Hall–Kier alpha value is -3.19. The molecule has 2 amide bonds. The molecule has 0 aliphatic carbocycles. The van der Waals surface area contributed by atoms with E-state index in [0.29, 0.717) is 18.7 Å². The predicted octanol–water partition coefficient (Wildman–Crippen LogP) is 2.24. The van der Waals surface area contributed by atoms with E-state index in [0.717, 1.165) is 5.56 Å². The number of benzene rings is 2. The second kappa shape index (κ2) is 11.6. The van der Waals surface area contributed by atoms with Crippen molar-refractivity contribution in [2.45, 2.75) is 25.5 Å². The van der Waals surface area contributed by atoms with Crippen LogP contribution in [-0.2, 0) is 19.1 Å². The van der Waals surface area contributed by atoms with Gasteiger partial charge in [0, 0.05) is 19.2 Å². The Kier molecular flexibility index (Phi) is 8.85. The molecule has 2 aromatic carbocycles. The Morgan fingerprint density at radius 1 is 0.966 bits per heavy atom. The van der Waals surface area contributed by atoms with Gasteiger partial charge in [0.2, 0.25) is 0 Å². The summed E-state index contributed by atoms with van der Waals surface area (Å²) in [5.41, 5.74) is 1.26. The summed E-state index contributed by atoms with van der Waals surface area (Å²) in [6.45, 7) is 2.20. The Morgan fingerprint density at radius 2 is 1.59 bits per heavy atom. The van der Waals surface area contributed by atoms with Crippen molar-refractivity contribution >= 4 is 17.8 Å². The van der Waals surface area contributed by atoms with E-state index in [1.165, 1.54) is 14.0 Å². The van der Waals surface area contributed by atoms with Crippen molar-refractivity contribution in [3.63, 3.8) is 0 Å². The van der Waals surface area contributed by atoms with E-state index in [4.69, 9.17) is 9.47 Å². The lowest BCUT2D eigenvalue weighted by Crippen LogP contribution is -2.38. The molecule has 0 heterocycles. The number of rotatable bonds is 10. The maximum Gasteiger partial charge on any atom is 0.309 e. The van der Waals surface area contributed by atoms with Crippen LogP contribution in [0.5, 0.6) is 0 Å². The fraction of sp³-hybridized carbons (Fsp3) is 0.318. The standard InChI is InChI=1S/C22H26N2O5/c1-16(21(26)23-13-14-28-2)29-20(25)15-19(17-9-5-3-6-10-17)24-22(27)18-11-7-4-8-12-18/h3-12,16,19H,13-15H2,1-2H3,(H,23,26)(H,24,27)/t16-,19-/m1/s1. The van der Waals surface area contributed by atoms with Gasteiger partial charge < -0.3 is 20.1 Å². The molecule has 2 rings (SSSR count). The highest BCUT2D eigenvalue weighted by Crippen LogP contribution is 2.18. The van der Waals surface area contributed by atoms with Gasteiger partial charge >= 0.3 is 5.97 Å². The van der Waals surface area contributed by atoms with Gasteiger partial charge in [0.05, 0.1) is 19.1 Å². The largest absolute Gasteiger partial charge is 0.452 e. The summed E-state index contributed by atoms with van der Waals surface area (Å²) in [5.74, 6) is -1.28. The van der Waals surface area contributed by atoms with Gasteiger partial charge in [-0.2, -0.15) is 0 Å². The van der Waals surface area contributed by atoms with Crippen LogP contribution >= 0.6 is 0 Å². The van der Waals surface area contributed by atoms with Gasteiger partial charge in [-0.3, -0.25) is 14.4 Å². The first-order valence-corrected chi connectivity index (χ1v) is 9.38. The second-order valence-electron chi connectivity index (χ2n) is 6.42. The summed E-state index contributed by atoms with van der Waals surface area (Å²) in [6.07, 6.45) is -1.04. The lowest BCUT2D eigenvalue weighted by molar-refractivity contribution is -0.155. The Labute approximate surface area is 170 Å². The number of hydrogen-bond acceptors (Lipinski definition) is 5. The number of amides is 2. The number of nitrogens with one attached hydrogen (secondary N) is 2. The molecule has 7 nitrogen and oxygen atoms in total. The van der Waals surface area contributed by atoms with Gasteiger partial charge in [-0.15, -0.1) is 0 Å². The lowest BCUT2D eigenvalue weighted by atomic mass is 10.0. The van der Waals surface area contributed by atoms with E-state index in [1.807, 2.05) is 36.4 Å². The summed E-state index contributed by atoms with van der Waals surface area (Å²) in [7, 11) is 1.53. The molecule has 7 heteroatoms. The summed E-state index contributed by atoms with van der Waals surface area (Å²) < 4.78 is 10.1. The average molecular weight is 398 g/mol. The zero-order valence-corrected chi connectivity index (χ0v) is 16.6. The fourth-order valence-electron chi connectivity index (χ4n) is 2.65. The van der Waals surface area contributed by atoms with Crippen molar-refractivity contribution in [3.8, 4) is 0 Å². The Bertz CT molecular complexity index is 795. The number of carbonyl (C=O) groups is 3. The van der Waals surface area contributed by atoms with E-state index in [2.05, 4.69) is 10.6 Å². The quantitative estimate of drug-likeness (QED) is 0.473. The minimum Gasteiger partial charge on any atom is -0.452 e. The third-order valence-electron chi connectivity index (χ3n) is 4.20.